The van der Waals surface area contributed by atoms with E-state index in [1.807, 2.05) is 43.3 Å². The van der Waals surface area contributed by atoms with Gasteiger partial charge in [-0.3, -0.25) is 4.79 Å². The fraction of sp³-hybridized carbons (Fsp3) is 0.188. The largest absolute Gasteiger partial charge is 0.373 e. The van der Waals surface area contributed by atoms with Crippen LogP contribution in [0.5, 0.6) is 0 Å². The van der Waals surface area contributed by atoms with Crippen molar-refractivity contribution in [2.75, 3.05) is 10.6 Å². The first-order valence-corrected chi connectivity index (χ1v) is 8.24. The van der Waals surface area contributed by atoms with E-state index in [0.29, 0.717) is 6.42 Å². The lowest BCUT2D eigenvalue weighted by molar-refractivity contribution is -0.116. The molecule has 0 radical (unpaired) electrons. The third-order valence-corrected chi connectivity index (χ3v) is 4.77. The summed E-state index contributed by atoms with van der Waals surface area (Å²) in [6.45, 7) is 2.01. The molecule has 1 aliphatic heterocycles. The van der Waals surface area contributed by atoms with Gasteiger partial charge in [0.1, 0.15) is 6.04 Å². The van der Waals surface area contributed by atoms with E-state index in [0.717, 1.165) is 25.9 Å². The number of nitrogens with one attached hydrogen (secondary N) is 2. The lowest BCUT2D eigenvalue weighted by atomic mass is 10.1. The summed E-state index contributed by atoms with van der Waals surface area (Å²) in [6.07, 6.45) is 0.711. The number of para-hydroxylation sites is 1. The molecule has 0 spiro atoms. The lowest BCUT2D eigenvalue weighted by Crippen LogP contribution is -2.33. The highest BCUT2D eigenvalue weighted by Crippen LogP contribution is 2.33. The van der Waals surface area contributed by atoms with E-state index < -0.39 is 0 Å². The monoisotopic (exact) mass is 408 g/mol. The van der Waals surface area contributed by atoms with Crippen LogP contribution in [0.1, 0.15) is 11.1 Å². The summed E-state index contributed by atoms with van der Waals surface area (Å²) in [7, 11) is 0. The summed E-state index contributed by atoms with van der Waals surface area (Å²) >= 11 is 7.00. The Morgan fingerprint density at radius 1 is 1.24 bits per heavy atom. The molecule has 1 heterocycles. The second kappa shape index (κ2) is 5.81. The molecular weight excluding hydrogens is 396 g/mol. The molecular formula is C16H14Br2N2O. The standard InChI is InChI=1S/C16H14Br2N2O/c1-9-6-11(17)15(12(18)7-9)20-16(21)14-8-10-4-2-3-5-13(10)19-14/h2-7,14,19H,8H2,1H3,(H,20,21)/t14-/m0/s1. The Balaban J connectivity index is 1.77. The maximum Gasteiger partial charge on any atom is 0.247 e. The van der Waals surface area contributed by atoms with Crippen LogP contribution in [0.15, 0.2) is 45.3 Å². The zero-order valence-corrected chi connectivity index (χ0v) is 14.6. The van der Waals surface area contributed by atoms with Crippen LogP contribution in [0.25, 0.3) is 0 Å². The van der Waals surface area contributed by atoms with Crippen molar-refractivity contribution in [1.82, 2.24) is 0 Å². The molecule has 0 bridgehead atoms. The van der Waals surface area contributed by atoms with E-state index in [1.165, 1.54) is 5.56 Å². The van der Waals surface area contributed by atoms with Crippen molar-refractivity contribution in [2.24, 2.45) is 0 Å². The molecule has 0 fully saturated rings. The highest BCUT2D eigenvalue weighted by Gasteiger charge is 2.27. The molecule has 0 aromatic heterocycles. The number of carbonyl (C=O) groups excluding carboxylic acids is 1. The van der Waals surface area contributed by atoms with E-state index in [-0.39, 0.29) is 11.9 Å². The second-order valence-corrected chi connectivity index (χ2v) is 6.86. The number of hydrogen-bond acceptors (Lipinski definition) is 2. The predicted octanol–water partition coefficient (Wildman–Crippen LogP) is 4.50. The Morgan fingerprint density at radius 3 is 2.57 bits per heavy atom. The molecule has 0 aliphatic carbocycles. The number of amides is 1. The normalized spacial score (nSPS) is 16.2. The van der Waals surface area contributed by atoms with Gasteiger partial charge in [-0.15, -0.1) is 0 Å². The number of anilines is 2. The van der Waals surface area contributed by atoms with Crippen LogP contribution in [-0.2, 0) is 11.2 Å². The van der Waals surface area contributed by atoms with E-state index in [1.54, 1.807) is 0 Å². The summed E-state index contributed by atoms with van der Waals surface area (Å²) in [4.78, 5) is 12.5. The zero-order valence-electron chi connectivity index (χ0n) is 11.4. The molecule has 2 aromatic rings. The Labute approximate surface area is 140 Å². The Hall–Kier alpha value is -1.33. The number of aryl methyl sites for hydroxylation is 1. The van der Waals surface area contributed by atoms with Crippen molar-refractivity contribution in [3.05, 3.63) is 56.5 Å². The maximum absolute atomic E-state index is 12.5. The molecule has 5 heteroatoms. The molecule has 1 atom stereocenters. The number of fused-ring (bicyclic) bond motifs is 1. The van der Waals surface area contributed by atoms with Gasteiger partial charge in [-0.25, -0.2) is 0 Å². The van der Waals surface area contributed by atoms with Crippen LogP contribution >= 0.6 is 31.9 Å². The number of carbonyl (C=O) groups is 1. The van der Waals surface area contributed by atoms with Gasteiger partial charge in [-0.05, 0) is 68.1 Å². The van der Waals surface area contributed by atoms with Crippen molar-refractivity contribution in [3.8, 4) is 0 Å². The summed E-state index contributed by atoms with van der Waals surface area (Å²) in [5, 5.41) is 6.25. The Morgan fingerprint density at radius 2 is 1.90 bits per heavy atom. The summed E-state index contributed by atoms with van der Waals surface area (Å²) in [5.74, 6) is -0.0311. The highest BCUT2D eigenvalue weighted by molar-refractivity contribution is 9.11. The van der Waals surface area contributed by atoms with Gasteiger partial charge in [0.05, 0.1) is 5.69 Å². The van der Waals surface area contributed by atoms with E-state index in [2.05, 4.69) is 42.5 Å². The molecule has 0 saturated heterocycles. The van der Waals surface area contributed by atoms with Crippen molar-refractivity contribution in [3.63, 3.8) is 0 Å². The van der Waals surface area contributed by atoms with E-state index in [4.69, 9.17) is 0 Å². The average Bonchev–Trinajstić information content (AvgIpc) is 2.86. The van der Waals surface area contributed by atoms with E-state index >= 15 is 0 Å². The van der Waals surface area contributed by atoms with Crippen LogP contribution in [0.3, 0.4) is 0 Å². The van der Waals surface area contributed by atoms with Crippen molar-refractivity contribution >= 4 is 49.1 Å². The molecule has 0 unspecified atom stereocenters. The minimum Gasteiger partial charge on any atom is -0.373 e. The Kier molecular flexibility index (Phi) is 4.04. The third-order valence-electron chi connectivity index (χ3n) is 3.52. The summed E-state index contributed by atoms with van der Waals surface area (Å²) in [6, 6.07) is 11.7. The van der Waals surface area contributed by atoms with Crippen LogP contribution in [0.4, 0.5) is 11.4 Å². The molecule has 0 saturated carbocycles. The predicted molar refractivity (Wildman–Crippen MR) is 92.8 cm³/mol. The molecule has 108 valence electrons. The summed E-state index contributed by atoms with van der Waals surface area (Å²) in [5.41, 5.74) is 4.11. The van der Waals surface area contributed by atoms with Gasteiger partial charge in [0.15, 0.2) is 0 Å². The average molecular weight is 410 g/mol. The molecule has 1 amide bonds. The van der Waals surface area contributed by atoms with Crippen molar-refractivity contribution in [1.29, 1.82) is 0 Å². The van der Waals surface area contributed by atoms with Gasteiger partial charge in [0, 0.05) is 21.1 Å². The minimum absolute atomic E-state index is 0.0311. The fourth-order valence-electron chi connectivity index (χ4n) is 2.49. The quantitative estimate of drug-likeness (QED) is 0.766. The topological polar surface area (TPSA) is 41.1 Å². The van der Waals surface area contributed by atoms with Crippen LogP contribution in [0.2, 0.25) is 0 Å². The van der Waals surface area contributed by atoms with Crippen LogP contribution in [-0.4, -0.2) is 11.9 Å². The highest BCUT2D eigenvalue weighted by atomic mass is 79.9. The summed E-state index contributed by atoms with van der Waals surface area (Å²) < 4.78 is 1.75. The smallest absolute Gasteiger partial charge is 0.247 e. The van der Waals surface area contributed by atoms with Gasteiger partial charge in [-0.1, -0.05) is 18.2 Å². The van der Waals surface area contributed by atoms with Gasteiger partial charge >= 0.3 is 0 Å². The number of hydrogen-bond donors (Lipinski definition) is 2. The lowest BCUT2D eigenvalue weighted by Gasteiger charge is -2.15. The van der Waals surface area contributed by atoms with Crippen LogP contribution in [0, 0.1) is 6.92 Å². The molecule has 2 N–H and O–H groups in total. The van der Waals surface area contributed by atoms with Crippen molar-refractivity contribution < 1.29 is 4.79 Å². The number of rotatable bonds is 2. The Bertz CT molecular complexity index is 667. The fourth-order valence-corrected chi connectivity index (χ4v) is 4.10. The molecule has 3 rings (SSSR count). The van der Waals surface area contributed by atoms with Gasteiger partial charge in [-0.2, -0.15) is 0 Å². The van der Waals surface area contributed by atoms with Crippen LogP contribution < -0.4 is 10.6 Å². The van der Waals surface area contributed by atoms with Gasteiger partial charge < -0.3 is 10.6 Å². The first-order valence-electron chi connectivity index (χ1n) is 6.65. The first kappa shape index (κ1) is 14.6. The molecule has 3 nitrogen and oxygen atoms in total. The van der Waals surface area contributed by atoms with Gasteiger partial charge in [0.2, 0.25) is 5.91 Å². The minimum atomic E-state index is -0.234. The third kappa shape index (κ3) is 2.99. The number of halogens is 2. The maximum atomic E-state index is 12.5. The first-order chi connectivity index (χ1) is 10.0. The van der Waals surface area contributed by atoms with Crippen molar-refractivity contribution in [2.45, 2.75) is 19.4 Å². The van der Waals surface area contributed by atoms with E-state index in [9.17, 15) is 4.79 Å². The second-order valence-electron chi connectivity index (χ2n) is 5.15. The number of benzene rings is 2. The molecule has 2 aromatic carbocycles. The molecule has 21 heavy (non-hydrogen) atoms. The van der Waals surface area contributed by atoms with Gasteiger partial charge in [0.25, 0.3) is 0 Å². The molecule has 1 aliphatic rings. The zero-order chi connectivity index (χ0) is 15.0. The SMILES string of the molecule is Cc1cc(Br)c(NC(=O)[C@@H]2Cc3ccccc3N2)c(Br)c1.